The van der Waals surface area contributed by atoms with E-state index in [2.05, 4.69) is 24.3 Å². The molecule has 1 aliphatic rings. The van der Waals surface area contributed by atoms with Gasteiger partial charge in [-0.3, -0.25) is 4.57 Å². The van der Waals surface area contributed by atoms with Crippen molar-refractivity contribution in [3.8, 4) is 0 Å². The van der Waals surface area contributed by atoms with Crippen LogP contribution in [-0.4, -0.2) is 31.4 Å². The number of benzene rings is 2. The lowest BCUT2D eigenvalue weighted by atomic mass is 9.86. The molecule has 1 heterocycles. The summed E-state index contributed by atoms with van der Waals surface area (Å²) in [5.41, 5.74) is 6.57. The number of aryl methyl sites for hydroxylation is 1. The summed E-state index contributed by atoms with van der Waals surface area (Å²) >= 11 is 0. The quantitative estimate of drug-likeness (QED) is 0.252. The van der Waals surface area contributed by atoms with Gasteiger partial charge in [-0.2, -0.15) is 0 Å². The summed E-state index contributed by atoms with van der Waals surface area (Å²) in [5, 5.41) is 0. The number of aromatic nitrogens is 1. The molecular formula is C30H38NO5P. The molecule has 0 bridgehead atoms. The van der Waals surface area contributed by atoms with Gasteiger partial charge in [-0.1, -0.05) is 60.7 Å². The van der Waals surface area contributed by atoms with Crippen molar-refractivity contribution in [1.29, 1.82) is 0 Å². The van der Waals surface area contributed by atoms with E-state index >= 15 is 0 Å². The van der Waals surface area contributed by atoms with Crippen LogP contribution >= 0.6 is 7.60 Å². The minimum atomic E-state index is -3.51. The zero-order chi connectivity index (χ0) is 26.3. The Kier molecular flexibility index (Phi) is 9.33. The van der Waals surface area contributed by atoms with Crippen LogP contribution in [0.1, 0.15) is 47.4 Å². The van der Waals surface area contributed by atoms with E-state index in [1.165, 1.54) is 5.56 Å². The lowest BCUT2D eigenvalue weighted by molar-refractivity contribution is -0.0280. The largest absolute Gasteiger partial charge is 0.379 e. The van der Waals surface area contributed by atoms with Crippen LogP contribution in [0.5, 0.6) is 0 Å². The molecule has 198 valence electrons. The van der Waals surface area contributed by atoms with Gasteiger partial charge < -0.3 is 18.5 Å². The monoisotopic (exact) mass is 523 g/mol. The molecule has 2 aromatic carbocycles. The van der Waals surface area contributed by atoms with E-state index in [9.17, 15) is 4.57 Å². The van der Waals surface area contributed by atoms with Crippen molar-refractivity contribution in [2.75, 3.05) is 26.4 Å². The average molecular weight is 524 g/mol. The molecule has 6 nitrogen and oxygen atoms in total. The summed E-state index contributed by atoms with van der Waals surface area (Å²) in [6.07, 6.45) is 1.55. The highest BCUT2D eigenvalue weighted by Gasteiger charge is 2.42. The van der Waals surface area contributed by atoms with E-state index in [1.807, 2.05) is 64.1 Å². The summed E-state index contributed by atoms with van der Waals surface area (Å²) in [7, 11) is -3.51. The third kappa shape index (κ3) is 6.57. The number of hydrogen-bond donors (Lipinski definition) is 0. The number of nitrogens with zero attached hydrogens (tertiary/aromatic N) is 1. The summed E-state index contributed by atoms with van der Waals surface area (Å²) in [6, 6.07) is 20.4. The van der Waals surface area contributed by atoms with Crippen molar-refractivity contribution in [2.24, 2.45) is 5.41 Å². The molecule has 0 atom stereocenters. The van der Waals surface area contributed by atoms with E-state index in [-0.39, 0.29) is 5.41 Å². The van der Waals surface area contributed by atoms with Crippen LogP contribution in [0.2, 0.25) is 0 Å². The number of fused-ring (bicyclic) bond motifs is 1. The standard InChI is InChI=1S/C30H38NO5P/c1-5-35-37(32,36-6-2)29-23(3)27-17-30(18-28(27)24(4)31-29,21-33-19-25-13-9-7-10-14-25)22-34-20-26-15-11-8-12-16-26/h7-16H,5-6,17-22H2,1-4H3. The van der Waals surface area contributed by atoms with Crippen molar-refractivity contribution < 1.29 is 23.1 Å². The van der Waals surface area contributed by atoms with Crippen LogP contribution in [0.25, 0.3) is 0 Å². The van der Waals surface area contributed by atoms with Crippen molar-refractivity contribution >= 4 is 13.0 Å². The van der Waals surface area contributed by atoms with Crippen molar-refractivity contribution in [3.05, 3.63) is 94.2 Å². The topological polar surface area (TPSA) is 66.9 Å². The Balaban J connectivity index is 1.59. The maximum Gasteiger partial charge on any atom is 0.379 e. The number of hydrogen-bond acceptors (Lipinski definition) is 6. The fourth-order valence-corrected chi connectivity index (χ4v) is 6.92. The van der Waals surface area contributed by atoms with E-state index < -0.39 is 7.60 Å². The number of ether oxygens (including phenoxy) is 2. The SMILES string of the molecule is CCOP(=O)(OCC)c1nc(C)c2c(c1C)CC(COCc1ccccc1)(COCc1ccccc1)C2. The first-order valence-corrected chi connectivity index (χ1v) is 14.6. The van der Waals surface area contributed by atoms with E-state index in [0.717, 1.165) is 40.8 Å². The molecule has 0 radical (unpaired) electrons. The highest BCUT2D eigenvalue weighted by molar-refractivity contribution is 7.62. The summed E-state index contributed by atoms with van der Waals surface area (Å²) in [5.74, 6) is 0. The first kappa shape index (κ1) is 27.7. The predicted octanol–water partition coefficient (Wildman–Crippen LogP) is 6.11. The van der Waals surface area contributed by atoms with Crippen molar-refractivity contribution in [3.63, 3.8) is 0 Å². The highest BCUT2D eigenvalue weighted by atomic mass is 31.2. The molecule has 1 aromatic heterocycles. The Hall–Kier alpha value is -2.34. The second kappa shape index (κ2) is 12.5. The lowest BCUT2D eigenvalue weighted by Crippen LogP contribution is -2.33. The van der Waals surface area contributed by atoms with Gasteiger partial charge in [0.05, 0.1) is 39.6 Å². The van der Waals surface area contributed by atoms with E-state index in [1.54, 1.807) is 0 Å². The minimum Gasteiger partial charge on any atom is -0.376 e. The molecular weight excluding hydrogens is 485 g/mol. The minimum absolute atomic E-state index is 0.247. The molecule has 0 aliphatic heterocycles. The third-order valence-electron chi connectivity index (χ3n) is 6.86. The molecule has 3 aromatic rings. The molecule has 0 spiro atoms. The molecule has 0 unspecified atom stereocenters. The van der Waals surface area contributed by atoms with Crippen LogP contribution in [0, 0.1) is 19.3 Å². The predicted molar refractivity (Wildman–Crippen MR) is 146 cm³/mol. The molecule has 0 N–H and O–H groups in total. The Bertz CT molecular complexity index is 1160. The third-order valence-corrected chi connectivity index (χ3v) is 9.01. The Morgan fingerprint density at radius 1 is 0.784 bits per heavy atom. The first-order valence-electron chi connectivity index (χ1n) is 13.0. The molecule has 7 heteroatoms. The zero-order valence-corrected chi connectivity index (χ0v) is 23.3. The smallest absolute Gasteiger partial charge is 0.376 e. The normalized spacial score (nSPS) is 14.6. The lowest BCUT2D eigenvalue weighted by Gasteiger charge is -2.29. The van der Waals surface area contributed by atoms with Gasteiger partial charge in [-0.05, 0) is 68.4 Å². The van der Waals surface area contributed by atoms with Crippen LogP contribution in [0.4, 0.5) is 0 Å². The fraction of sp³-hybridized carbons (Fsp3) is 0.433. The van der Waals surface area contributed by atoms with Crippen molar-refractivity contribution in [1.82, 2.24) is 4.98 Å². The van der Waals surface area contributed by atoms with E-state index in [0.29, 0.717) is 45.1 Å². The second-order valence-corrected chi connectivity index (χ2v) is 11.7. The highest BCUT2D eigenvalue weighted by Crippen LogP contribution is 2.49. The average Bonchev–Trinajstić information content (AvgIpc) is 3.28. The summed E-state index contributed by atoms with van der Waals surface area (Å²) in [6.45, 7) is 10.4. The molecule has 1 aliphatic carbocycles. The molecule has 0 fully saturated rings. The Labute approximate surface area is 220 Å². The number of pyridine rings is 1. The Morgan fingerprint density at radius 2 is 1.27 bits per heavy atom. The molecule has 0 amide bonds. The van der Waals surface area contributed by atoms with Crippen LogP contribution < -0.4 is 5.44 Å². The van der Waals surface area contributed by atoms with Gasteiger partial charge >= 0.3 is 7.60 Å². The molecule has 37 heavy (non-hydrogen) atoms. The summed E-state index contributed by atoms with van der Waals surface area (Å²) < 4.78 is 37.5. The maximum atomic E-state index is 13.7. The van der Waals surface area contributed by atoms with Gasteiger partial charge in [0.2, 0.25) is 0 Å². The summed E-state index contributed by atoms with van der Waals surface area (Å²) in [4.78, 5) is 4.78. The maximum absolute atomic E-state index is 13.7. The van der Waals surface area contributed by atoms with Gasteiger partial charge in [0.15, 0.2) is 5.44 Å². The van der Waals surface area contributed by atoms with Gasteiger partial charge in [0.1, 0.15) is 0 Å². The first-order chi connectivity index (χ1) is 17.9. The zero-order valence-electron chi connectivity index (χ0n) is 22.4. The molecule has 0 saturated carbocycles. The van der Waals surface area contributed by atoms with E-state index in [4.69, 9.17) is 23.5 Å². The Morgan fingerprint density at radius 3 is 1.76 bits per heavy atom. The van der Waals surface area contributed by atoms with Gasteiger partial charge in [-0.15, -0.1) is 0 Å². The molecule has 4 rings (SSSR count). The van der Waals surface area contributed by atoms with Crippen molar-refractivity contribution in [2.45, 2.75) is 53.8 Å². The second-order valence-electron chi connectivity index (χ2n) is 9.75. The number of rotatable bonds is 13. The van der Waals surface area contributed by atoms with Crippen LogP contribution in [-0.2, 0) is 49.1 Å². The fourth-order valence-electron chi connectivity index (χ4n) is 5.11. The van der Waals surface area contributed by atoms with Gasteiger partial charge in [0.25, 0.3) is 0 Å². The van der Waals surface area contributed by atoms with Gasteiger partial charge in [0, 0.05) is 11.1 Å². The van der Waals surface area contributed by atoms with Crippen LogP contribution in [0.3, 0.4) is 0 Å². The van der Waals surface area contributed by atoms with Crippen LogP contribution in [0.15, 0.2) is 60.7 Å². The van der Waals surface area contributed by atoms with Gasteiger partial charge in [-0.25, -0.2) is 4.98 Å². The molecule has 0 saturated heterocycles.